The molecule has 2 aliphatic carbocycles. The monoisotopic (exact) mass is 436 g/mol. The summed E-state index contributed by atoms with van der Waals surface area (Å²) in [5, 5.41) is 14.4. The van der Waals surface area contributed by atoms with Crippen LogP contribution in [0.4, 0.5) is 4.79 Å². The van der Waals surface area contributed by atoms with Crippen molar-refractivity contribution in [2.24, 2.45) is 5.92 Å². The number of benzene rings is 2. The van der Waals surface area contributed by atoms with Crippen molar-refractivity contribution in [3.8, 4) is 11.1 Å². The van der Waals surface area contributed by atoms with Crippen molar-refractivity contribution in [1.82, 2.24) is 10.6 Å². The zero-order valence-electron chi connectivity index (χ0n) is 18.0. The number of carboxylic acid groups (broad SMARTS) is 1. The molecule has 2 aromatic carbocycles. The van der Waals surface area contributed by atoms with Crippen molar-refractivity contribution in [1.29, 1.82) is 0 Å². The molecule has 2 amide bonds. The highest BCUT2D eigenvalue weighted by Crippen LogP contribution is 2.44. The molecule has 0 bridgehead atoms. The third kappa shape index (κ3) is 4.61. The number of aliphatic carboxylic acids is 1. The number of carbonyl (C=O) groups excluding carboxylic acids is 2. The fourth-order valence-electron chi connectivity index (χ4n) is 4.68. The van der Waals surface area contributed by atoms with Crippen molar-refractivity contribution in [2.75, 3.05) is 6.61 Å². The predicted molar refractivity (Wildman–Crippen MR) is 119 cm³/mol. The van der Waals surface area contributed by atoms with Gasteiger partial charge < -0.3 is 20.5 Å². The summed E-state index contributed by atoms with van der Waals surface area (Å²) in [6.07, 6.45) is 1.53. The first-order valence-electron chi connectivity index (χ1n) is 11.1. The third-order valence-electron chi connectivity index (χ3n) is 6.42. The highest BCUT2D eigenvalue weighted by Gasteiger charge is 2.34. The van der Waals surface area contributed by atoms with E-state index in [0.717, 1.165) is 0 Å². The Morgan fingerprint density at radius 3 is 2.19 bits per heavy atom. The number of ether oxygens (including phenoxy) is 1. The molecule has 7 nitrogen and oxygen atoms in total. The number of amides is 2. The van der Waals surface area contributed by atoms with E-state index in [1.807, 2.05) is 24.3 Å². The second-order valence-electron chi connectivity index (χ2n) is 8.57. The SMILES string of the molecule is CC[C@@H](NC(=O)CC1CC(NC(=O)OCC2c3ccccc3-c3ccccc32)C1)C(=O)O. The van der Waals surface area contributed by atoms with Gasteiger partial charge in [0.2, 0.25) is 5.91 Å². The van der Waals surface area contributed by atoms with Crippen LogP contribution < -0.4 is 10.6 Å². The van der Waals surface area contributed by atoms with Gasteiger partial charge in [0.25, 0.3) is 0 Å². The van der Waals surface area contributed by atoms with Crippen LogP contribution in [-0.4, -0.2) is 41.8 Å². The number of carbonyl (C=O) groups is 3. The van der Waals surface area contributed by atoms with Crippen molar-refractivity contribution in [3.63, 3.8) is 0 Å². The van der Waals surface area contributed by atoms with Gasteiger partial charge in [0.15, 0.2) is 0 Å². The molecular weight excluding hydrogens is 408 g/mol. The van der Waals surface area contributed by atoms with E-state index >= 15 is 0 Å². The fraction of sp³-hybridized carbons (Fsp3) is 0.400. The summed E-state index contributed by atoms with van der Waals surface area (Å²) < 4.78 is 5.56. The summed E-state index contributed by atoms with van der Waals surface area (Å²) in [5.41, 5.74) is 4.71. The molecule has 1 saturated carbocycles. The zero-order valence-corrected chi connectivity index (χ0v) is 18.0. The number of carboxylic acids is 1. The van der Waals surface area contributed by atoms with E-state index in [9.17, 15) is 14.4 Å². The molecule has 0 unspecified atom stereocenters. The Labute approximate surface area is 187 Å². The Bertz CT molecular complexity index is 969. The van der Waals surface area contributed by atoms with Crippen LogP contribution in [0.2, 0.25) is 0 Å². The standard InChI is InChI=1S/C25H28N2O5/c1-2-22(24(29)30)27-23(28)13-15-11-16(12-15)26-25(31)32-14-21-19-9-5-3-7-17(19)18-8-4-6-10-20(18)21/h3-10,15-16,21-22H,2,11-14H2,1H3,(H,26,31)(H,27,28)(H,29,30)/t15?,16?,22-/m1/s1. The van der Waals surface area contributed by atoms with E-state index in [1.165, 1.54) is 22.3 Å². The fourth-order valence-corrected chi connectivity index (χ4v) is 4.68. The van der Waals surface area contributed by atoms with Gasteiger partial charge in [0, 0.05) is 18.4 Å². The Kier molecular flexibility index (Phi) is 6.44. The molecule has 0 aliphatic heterocycles. The van der Waals surface area contributed by atoms with E-state index in [0.29, 0.717) is 19.3 Å². The first kappa shape index (κ1) is 21.9. The van der Waals surface area contributed by atoms with Crippen molar-refractivity contribution >= 4 is 18.0 Å². The second-order valence-corrected chi connectivity index (χ2v) is 8.57. The highest BCUT2D eigenvalue weighted by atomic mass is 16.5. The lowest BCUT2D eigenvalue weighted by molar-refractivity contribution is -0.142. The quantitative estimate of drug-likeness (QED) is 0.586. The van der Waals surface area contributed by atoms with Gasteiger partial charge in [-0.05, 0) is 47.4 Å². The number of nitrogens with one attached hydrogen (secondary N) is 2. The van der Waals surface area contributed by atoms with Crippen LogP contribution in [0.1, 0.15) is 49.7 Å². The van der Waals surface area contributed by atoms with Crippen LogP contribution in [0, 0.1) is 5.92 Å². The summed E-state index contributed by atoms with van der Waals surface area (Å²) in [7, 11) is 0. The van der Waals surface area contributed by atoms with Crippen molar-refractivity contribution < 1.29 is 24.2 Å². The third-order valence-corrected chi connectivity index (χ3v) is 6.42. The number of hydrogen-bond acceptors (Lipinski definition) is 4. The first-order chi connectivity index (χ1) is 15.5. The minimum atomic E-state index is -1.02. The number of rotatable bonds is 8. The van der Waals surface area contributed by atoms with E-state index in [1.54, 1.807) is 6.92 Å². The predicted octanol–water partition coefficient (Wildman–Crippen LogP) is 3.67. The Morgan fingerprint density at radius 1 is 1.03 bits per heavy atom. The number of fused-ring (bicyclic) bond motifs is 3. The lowest BCUT2D eigenvalue weighted by Crippen LogP contribution is -2.47. The summed E-state index contributed by atoms with van der Waals surface area (Å²) in [5.74, 6) is -1.12. The van der Waals surface area contributed by atoms with Crippen LogP contribution in [0.25, 0.3) is 11.1 Å². The summed E-state index contributed by atoms with van der Waals surface area (Å²) in [6.45, 7) is 1.99. The van der Waals surface area contributed by atoms with Gasteiger partial charge in [0.1, 0.15) is 12.6 Å². The van der Waals surface area contributed by atoms with Crippen molar-refractivity contribution in [3.05, 3.63) is 59.7 Å². The molecule has 2 aromatic rings. The van der Waals surface area contributed by atoms with Crippen LogP contribution >= 0.6 is 0 Å². The minimum absolute atomic E-state index is 0.0201. The molecule has 3 N–H and O–H groups in total. The van der Waals surface area contributed by atoms with E-state index in [4.69, 9.17) is 9.84 Å². The molecule has 7 heteroatoms. The van der Waals surface area contributed by atoms with Gasteiger partial charge in [-0.3, -0.25) is 4.79 Å². The summed E-state index contributed by atoms with van der Waals surface area (Å²) in [4.78, 5) is 35.4. The molecule has 0 spiro atoms. The highest BCUT2D eigenvalue weighted by molar-refractivity contribution is 5.83. The normalized spacial score (nSPS) is 19.8. The Hall–Kier alpha value is -3.35. The maximum absolute atomic E-state index is 12.3. The molecule has 168 valence electrons. The number of hydrogen-bond donors (Lipinski definition) is 3. The topological polar surface area (TPSA) is 105 Å². The van der Waals surface area contributed by atoms with E-state index in [-0.39, 0.29) is 36.8 Å². The van der Waals surface area contributed by atoms with Crippen LogP contribution in [0.3, 0.4) is 0 Å². The van der Waals surface area contributed by atoms with Crippen LogP contribution in [0.15, 0.2) is 48.5 Å². The maximum atomic E-state index is 12.3. The zero-order chi connectivity index (χ0) is 22.7. The largest absolute Gasteiger partial charge is 0.480 e. The van der Waals surface area contributed by atoms with Gasteiger partial charge in [-0.2, -0.15) is 0 Å². The Morgan fingerprint density at radius 2 is 1.62 bits per heavy atom. The molecule has 0 aromatic heterocycles. The average Bonchev–Trinajstić information content (AvgIpc) is 3.08. The minimum Gasteiger partial charge on any atom is -0.480 e. The molecule has 0 saturated heterocycles. The lowest BCUT2D eigenvalue weighted by Gasteiger charge is -2.35. The van der Waals surface area contributed by atoms with E-state index < -0.39 is 18.1 Å². The van der Waals surface area contributed by atoms with Gasteiger partial charge in [-0.1, -0.05) is 55.5 Å². The average molecular weight is 437 g/mol. The molecule has 0 radical (unpaired) electrons. The number of alkyl carbamates (subject to hydrolysis) is 1. The molecular formula is C25H28N2O5. The van der Waals surface area contributed by atoms with Gasteiger partial charge in [-0.25, -0.2) is 9.59 Å². The summed E-state index contributed by atoms with van der Waals surface area (Å²) in [6, 6.07) is 15.5. The molecule has 4 rings (SSSR count). The second kappa shape index (κ2) is 9.42. The van der Waals surface area contributed by atoms with Gasteiger partial charge >= 0.3 is 12.1 Å². The molecule has 2 aliphatic rings. The van der Waals surface area contributed by atoms with Crippen molar-refractivity contribution in [2.45, 2.75) is 50.6 Å². The lowest BCUT2D eigenvalue weighted by atomic mass is 9.78. The van der Waals surface area contributed by atoms with Crippen LogP contribution in [-0.2, 0) is 14.3 Å². The van der Waals surface area contributed by atoms with Crippen LogP contribution in [0.5, 0.6) is 0 Å². The first-order valence-corrected chi connectivity index (χ1v) is 11.1. The smallest absolute Gasteiger partial charge is 0.407 e. The van der Waals surface area contributed by atoms with E-state index in [2.05, 4.69) is 34.9 Å². The molecule has 1 fully saturated rings. The van der Waals surface area contributed by atoms with Gasteiger partial charge in [-0.15, -0.1) is 0 Å². The molecule has 1 atom stereocenters. The van der Waals surface area contributed by atoms with Gasteiger partial charge in [0.05, 0.1) is 0 Å². The summed E-state index contributed by atoms with van der Waals surface area (Å²) >= 11 is 0. The maximum Gasteiger partial charge on any atom is 0.407 e. The Balaban J connectivity index is 1.23. The molecule has 0 heterocycles. The molecule has 32 heavy (non-hydrogen) atoms.